The summed E-state index contributed by atoms with van der Waals surface area (Å²) in [5.41, 5.74) is 0.471. The van der Waals surface area contributed by atoms with E-state index >= 15 is 0 Å². The van der Waals surface area contributed by atoms with Crippen LogP contribution in [0.25, 0.3) is 0 Å². The molecule has 0 saturated carbocycles. The van der Waals surface area contributed by atoms with Crippen molar-refractivity contribution in [2.45, 2.75) is 53.6 Å². The molecule has 0 aliphatic rings. The normalized spacial score (nSPS) is 12.4. The molecule has 0 aliphatic carbocycles. The van der Waals surface area contributed by atoms with Crippen LogP contribution in [0.1, 0.15) is 48.0 Å². The van der Waals surface area contributed by atoms with Crippen molar-refractivity contribution >= 4 is 5.97 Å². The molecule has 0 radical (unpaired) electrons. The van der Waals surface area contributed by atoms with Gasteiger partial charge in [0.15, 0.2) is 0 Å². The number of hydrogen-bond acceptors (Lipinski definition) is 2. The Labute approximate surface area is 87.3 Å². The van der Waals surface area contributed by atoms with Gasteiger partial charge in [0.25, 0.3) is 0 Å². The summed E-state index contributed by atoms with van der Waals surface area (Å²) in [5, 5.41) is 0. The number of ether oxygens (including phenoxy) is 1. The van der Waals surface area contributed by atoms with E-state index in [0.29, 0.717) is 6.42 Å². The zero-order valence-corrected chi connectivity index (χ0v) is 10.2. The molecule has 0 N–H and O–H groups in total. The number of carbonyl (C=O) groups is 1. The van der Waals surface area contributed by atoms with Gasteiger partial charge in [0.1, 0.15) is 5.60 Å². The lowest BCUT2D eigenvalue weighted by atomic mass is 9.86. The summed E-state index contributed by atoms with van der Waals surface area (Å²) >= 11 is 0. The standard InChI is InChI=1S/C12H22O2/c1-9(11(2,3)4)8-10(13)14-12(5,6)7/h1,8H2,2-7H3. The Balaban J connectivity index is 4.16. The van der Waals surface area contributed by atoms with Gasteiger partial charge in [-0.15, -0.1) is 0 Å². The minimum Gasteiger partial charge on any atom is -0.460 e. The van der Waals surface area contributed by atoms with Crippen LogP contribution in [-0.2, 0) is 9.53 Å². The van der Waals surface area contributed by atoms with E-state index in [0.717, 1.165) is 5.57 Å². The third-order valence-electron chi connectivity index (χ3n) is 1.84. The summed E-state index contributed by atoms with van der Waals surface area (Å²) in [7, 11) is 0. The van der Waals surface area contributed by atoms with E-state index in [9.17, 15) is 4.79 Å². The van der Waals surface area contributed by atoms with Crippen molar-refractivity contribution in [3.63, 3.8) is 0 Å². The molecule has 0 aromatic heterocycles. The maximum absolute atomic E-state index is 11.4. The minimum absolute atomic E-state index is 0.0308. The molecule has 0 aromatic carbocycles. The zero-order chi connectivity index (χ0) is 11.6. The van der Waals surface area contributed by atoms with Crippen LogP contribution in [0.2, 0.25) is 0 Å². The molecule has 2 nitrogen and oxygen atoms in total. The second-order valence-electron chi connectivity index (χ2n) is 5.62. The summed E-state index contributed by atoms with van der Waals surface area (Å²) in [6, 6.07) is 0. The van der Waals surface area contributed by atoms with E-state index in [4.69, 9.17) is 4.74 Å². The van der Waals surface area contributed by atoms with Crippen LogP contribution in [-0.4, -0.2) is 11.6 Å². The summed E-state index contributed by atoms with van der Waals surface area (Å²) in [6.07, 6.45) is 0.306. The predicted molar refractivity (Wildman–Crippen MR) is 59.1 cm³/mol. The first kappa shape index (κ1) is 13.2. The predicted octanol–water partition coefficient (Wildman–Crippen LogP) is 3.32. The van der Waals surface area contributed by atoms with Gasteiger partial charge in [-0.25, -0.2) is 0 Å². The molecular formula is C12H22O2. The van der Waals surface area contributed by atoms with Crippen LogP contribution >= 0.6 is 0 Å². The molecule has 0 spiro atoms. The Hall–Kier alpha value is -0.790. The van der Waals surface area contributed by atoms with Gasteiger partial charge in [-0.2, -0.15) is 0 Å². The highest BCUT2D eigenvalue weighted by Crippen LogP contribution is 2.26. The van der Waals surface area contributed by atoms with Gasteiger partial charge in [0.05, 0.1) is 6.42 Å². The number of hydrogen-bond donors (Lipinski definition) is 0. The lowest BCUT2D eigenvalue weighted by molar-refractivity contribution is -0.154. The van der Waals surface area contributed by atoms with E-state index in [1.165, 1.54) is 0 Å². The maximum atomic E-state index is 11.4. The van der Waals surface area contributed by atoms with Crippen molar-refractivity contribution < 1.29 is 9.53 Å². The molecule has 0 fully saturated rings. The third-order valence-corrected chi connectivity index (χ3v) is 1.84. The van der Waals surface area contributed by atoms with Crippen LogP contribution in [0.15, 0.2) is 12.2 Å². The summed E-state index contributed by atoms with van der Waals surface area (Å²) in [4.78, 5) is 11.4. The van der Waals surface area contributed by atoms with Crippen molar-refractivity contribution in [1.82, 2.24) is 0 Å². The topological polar surface area (TPSA) is 26.3 Å². The quantitative estimate of drug-likeness (QED) is 0.502. The van der Waals surface area contributed by atoms with Crippen molar-refractivity contribution in [1.29, 1.82) is 0 Å². The molecule has 0 aliphatic heterocycles. The van der Waals surface area contributed by atoms with Gasteiger partial charge < -0.3 is 4.74 Å². The van der Waals surface area contributed by atoms with Crippen molar-refractivity contribution in [3.8, 4) is 0 Å². The molecule has 82 valence electrons. The van der Waals surface area contributed by atoms with Crippen LogP contribution < -0.4 is 0 Å². The second kappa shape index (κ2) is 4.16. The molecule has 2 heteroatoms. The molecule has 14 heavy (non-hydrogen) atoms. The Kier molecular flexibility index (Phi) is 3.92. The highest BCUT2D eigenvalue weighted by Gasteiger charge is 2.21. The van der Waals surface area contributed by atoms with Gasteiger partial charge in [0.2, 0.25) is 0 Å². The molecular weight excluding hydrogens is 176 g/mol. The molecule has 0 saturated heterocycles. The fourth-order valence-electron chi connectivity index (χ4n) is 0.817. The van der Waals surface area contributed by atoms with Crippen LogP contribution in [0.4, 0.5) is 0 Å². The fourth-order valence-corrected chi connectivity index (χ4v) is 0.817. The second-order valence-corrected chi connectivity index (χ2v) is 5.62. The van der Waals surface area contributed by atoms with E-state index in [2.05, 4.69) is 6.58 Å². The van der Waals surface area contributed by atoms with E-state index in [1.54, 1.807) is 0 Å². The van der Waals surface area contributed by atoms with Gasteiger partial charge in [-0.1, -0.05) is 32.9 Å². The maximum Gasteiger partial charge on any atom is 0.310 e. The van der Waals surface area contributed by atoms with Gasteiger partial charge in [-0.05, 0) is 26.2 Å². The zero-order valence-electron chi connectivity index (χ0n) is 10.2. The number of esters is 1. The highest BCUT2D eigenvalue weighted by atomic mass is 16.6. The van der Waals surface area contributed by atoms with Crippen molar-refractivity contribution in [2.24, 2.45) is 5.41 Å². The van der Waals surface area contributed by atoms with Crippen LogP contribution in [0.3, 0.4) is 0 Å². The van der Waals surface area contributed by atoms with Gasteiger partial charge >= 0.3 is 5.97 Å². The minimum atomic E-state index is -0.407. The lowest BCUT2D eigenvalue weighted by Crippen LogP contribution is -2.25. The number of carbonyl (C=O) groups excluding carboxylic acids is 1. The Morgan fingerprint density at radius 1 is 1.14 bits per heavy atom. The van der Waals surface area contributed by atoms with E-state index in [-0.39, 0.29) is 11.4 Å². The largest absolute Gasteiger partial charge is 0.460 e. The van der Waals surface area contributed by atoms with Gasteiger partial charge in [0, 0.05) is 0 Å². The van der Waals surface area contributed by atoms with Gasteiger partial charge in [-0.3, -0.25) is 4.79 Å². The molecule has 0 atom stereocenters. The SMILES string of the molecule is C=C(CC(=O)OC(C)(C)C)C(C)(C)C. The molecule has 0 bridgehead atoms. The Morgan fingerprint density at radius 3 is 1.86 bits per heavy atom. The smallest absolute Gasteiger partial charge is 0.310 e. The van der Waals surface area contributed by atoms with E-state index < -0.39 is 5.60 Å². The first-order valence-corrected chi connectivity index (χ1v) is 4.92. The summed E-state index contributed by atoms with van der Waals surface area (Å²) in [5.74, 6) is -0.197. The summed E-state index contributed by atoms with van der Waals surface area (Å²) < 4.78 is 5.20. The van der Waals surface area contributed by atoms with Crippen LogP contribution in [0.5, 0.6) is 0 Å². The molecule has 0 rings (SSSR count). The first-order valence-electron chi connectivity index (χ1n) is 4.92. The lowest BCUT2D eigenvalue weighted by Gasteiger charge is -2.24. The average molecular weight is 198 g/mol. The Bertz CT molecular complexity index is 226. The number of rotatable bonds is 2. The van der Waals surface area contributed by atoms with Crippen molar-refractivity contribution in [2.75, 3.05) is 0 Å². The van der Waals surface area contributed by atoms with Crippen molar-refractivity contribution in [3.05, 3.63) is 12.2 Å². The molecule has 0 heterocycles. The molecule has 0 aromatic rings. The Morgan fingerprint density at radius 2 is 1.57 bits per heavy atom. The molecule has 0 unspecified atom stereocenters. The monoisotopic (exact) mass is 198 g/mol. The average Bonchev–Trinajstić information content (AvgIpc) is 1.79. The van der Waals surface area contributed by atoms with Crippen LogP contribution in [0, 0.1) is 5.41 Å². The highest BCUT2D eigenvalue weighted by molar-refractivity contribution is 5.73. The van der Waals surface area contributed by atoms with E-state index in [1.807, 2.05) is 41.5 Å². The molecule has 0 amide bonds. The summed E-state index contributed by atoms with van der Waals surface area (Å²) in [6.45, 7) is 15.6. The third kappa shape index (κ3) is 5.79. The fraction of sp³-hybridized carbons (Fsp3) is 0.750. The first-order chi connectivity index (χ1) is 6.02.